The molecule has 1 aliphatic heterocycles. The van der Waals surface area contributed by atoms with Gasteiger partial charge in [-0.05, 0) is 29.6 Å². The van der Waals surface area contributed by atoms with Crippen molar-refractivity contribution in [2.45, 2.75) is 39.5 Å². The van der Waals surface area contributed by atoms with Gasteiger partial charge in [0.05, 0.1) is 0 Å². The lowest BCUT2D eigenvalue weighted by atomic mass is 10.2. The molecule has 0 radical (unpaired) electrons. The number of rotatable bonds is 4. The molecule has 0 saturated carbocycles. The number of hydrogen-bond acceptors (Lipinski definition) is 2. The van der Waals surface area contributed by atoms with Gasteiger partial charge in [0.25, 0.3) is 0 Å². The molecule has 0 unspecified atom stereocenters. The van der Waals surface area contributed by atoms with E-state index in [1.54, 1.807) is 9.81 Å². The first-order valence-corrected chi connectivity index (χ1v) is 6.77. The van der Waals surface area contributed by atoms with Crippen LogP contribution in [0.25, 0.3) is 0 Å². The van der Waals surface area contributed by atoms with Gasteiger partial charge in [0.2, 0.25) is 0 Å². The molecule has 70 valence electrons. The molecule has 1 heterocycles. The van der Waals surface area contributed by atoms with Crippen LogP contribution in [0.1, 0.15) is 39.5 Å². The molecule has 0 amide bonds. The minimum Gasteiger partial charge on any atom is -0.129 e. The fourth-order valence-corrected chi connectivity index (χ4v) is 3.65. The normalized spacial score (nSPS) is 18.5. The van der Waals surface area contributed by atoms with Crippen molar-refractivity contribution >= 4 is 23.5 Å². The van der Waals surface area contributed by atoms with E-state index < -0.39 is 0 Å². The molecule has 0 aromatic heterocycles. The lowest BCUT2D eigenvalue weighted by molar-refractivity contribution is 0.724. The Kier molecular flexibility index (Phi) is 5.24. The molecule has 0 bridgehead atoms. The minimum atomic E-state index is 1.31. The first-order chi connectivity index (χ1) is 5.84. The number of unbranched alkanes of at least 4 members (excludes halogenated alkanes) is 2. The standard InChI is InChI=1S/C10H18S2/c1-3-4-5-6-10-9(2)11-7-8-12-10/h3-8H2,1-2H3. The zero-order chi connectivity index (χ0) is 8.81. The molecule has 0 fully saturated rings. The van der Waals surface area contributed by atoms with E-state index in [9.17, 15) is 0 Å². The number of thioether (sulfide) groups is 2. The van der Waals surface area contributed by atoms with Crippen LogP contribution in [0.2, 0.25) is 0 Å². The third kappa shape index (κ3) is 3.44. The van der Waals surface area contributed by atoms with Gasteiger partial charge in [-0.2, -0.15) is 0 Å². The summed E-state index contributed by atoms with van der Waals surface area (Å²) >= 11 is 4.12. The van der Waals surface area contributed by atoms with E-state index in [4.69, 9.17) is 0 Å². The first kappa shape index (κ1) is 10.5. The molecular weight excluding hydrogens is 184 g/mol. The smallest absolute Gasteiger partial charge is 0.00715 e. The zero-order valence-corrected chi connectivity index (χ0v) is 9.69. The largest absolute Gasteiger partial charge is 0.129 e. The van der Waals surface area contributed by atoms with Crippen molar-refractivity contribution in [2.24, 2.45) is 0 Å². The second-order valence-electron chi connectivity index (χ2n) is 3.13. The fourth-order valence-electron chi connectivity index (χ4n) is 1.33. The number of allylic oxidation sites excluding steroid dienone is 2. The maximum Gasteiger partial charge on any atom is 0.00715 e. The van der Waals surface area contributed by atoms with Gasteiger partial charge >= 0.3 is 0 Å². The highest BCUT2D eigenvalue weighted by atomic mass is 32.2. The van der Waals surface area contributed by atoms with Gasteiger partial charge in [0.1, 0.15) is 0 Å². The van der Waals surface area contributed by atoms with Gasteiger partial charge in [-0.15, -0.1) is 23.5 Å². The van der Waals surface area contributed by atoms with Crippen LogP contribution in [-0.4, -0.2) is 11.5 Å². The zero-order valence-electron chi connectivity index (χ0n) is 8.06. The monoisotopic (exact) mass is 202 g/mol. The lowest BCUT2D eigenvalue weighted by Gasteiger charge is -2.16. The molecule has 2 heteroatoms. The van der Waals surface area contributed by atoms with Gasteiger partial charge in [0, 0.05) is 11.5 Å². The van der Waals surface area contributed by atoms with Gasteiger partial charge in [0.15, 0.2) is 0 Å². The highest BCUT2D eigenvalue weighted by Crippen LogP contribution is 2.36. The average Bonchev–Trinajstić information content (AvgIpc) is 2.09. The van der Waals surface area contributed by atoms with E-state index in [1.165, 1.54) is 37.2 Å². The van der Waals surface area contributed by atoms with Crippen molar-refractivity contribution in [1.82, 2.24) is 0 Å². The summed E-state index contributed by atoms with van der Waals surface area (Å²) in [6.45, 7) is 4.54. The minimum absolute atomic E-state index is 1.31. The lowest BCUT2D eigenvalue weighted by Crippen LogP contribution is -1.95. The second kappa shape index (κ2) is 5.98. The Morgan fingerprint density at radius 3 is 2.58 bits per heavy atom. The van der Waals surface area contributed by atoms with Crippen molar-refractivity contribution in [3.8, 4) is 0 Å². The van der Waals surface area contributed by atoms with Crippen LogP contribution in [0.3, 0.4) is 0 Å². The van der Waals surface area contributed by atoms with E-state index >= 15 is 0 Å². The predicted octanol–water partition coefficient (Wildman–Crippen LogP) is 4.28. The molecule has 0 aromatic carbocycles. The molecule has 1 rings (SSSR count). The first-order valence-electron chi connectivity index (χ1n) is 4.80. The molecule has 0 N–H and O–H groups in total. The van der Waals surface area contributed by atoms with Crippen molar-refractivity contribution < 1.29 is 0 Å². The van der Waals surface area contributed by atoms with Gasteiger partial charge in [-0.3, -0.25) is 0 Å². The SMILES string of the molecule is CCCCCC1=C(C)SCCS1. The molecule has 12 heavy (non-hydrogen) atoms. The summed E-state index contributed by atoms with van der Waals surface area (Å²) in [5.41, 5.74) is 0. The van der Waals surface area contributed by atoms with Crippen LogP contribution in [-0.2, 0) is 0 Å². The molecule has 1 aliphatic rings. The second-order valence-corrected chi connectivity index (χ2v) is 5.63. The van der Waals surface area contributed by atoms with Crippen LogP contribution in [0.5, 0.6) is 0 Å². The molecule has 0 nitrogen and oxygen atoms in total. The van der Waals surface area contributed by atoms with E-state index in [0.717, 1.165) is 0 Å². The van der Waals surface area contributed by atoms with E-state index in [1.807, 2.05) is 11.8 Å². The summed E-state index contributed by atoms with van der Waals surface area (Å²) in [4.78, 5) is 3.25. The van der Waals surface area contributed by atoms with Crippen LogP contribution >= 0.6 is 23.5 Å². The van der Waals surface area contributed by atoms with Gasteiger partial charge in [-0.25, -0.2) is 0 Å². The number of hydrogen-bond donors (Lipinski definition) is 0. The summed E-state index contributed by atoms with van der Waals surface area (Å²) in [6, 6.07) is 0. The van der Waals surface area contributed by atoms with Crippen LogP contribution in [0.15, 0.2) is 9.81 Å². The molecule has 0 aliphatic carbocycles. The third-order valence-electron chi connectivity index (χ3n) is 2.08. The highest BCUT2D eigenvalue weighted by molar-refractivity contribution is 8.09. The Morgan fingerprint density at radius 2 is 1.92 bits per heavy atom. The molecule has 0 aromatic rings. The predicted molar refractivity (Wildman–Crippen MR) is 61.8 cm³/mol. The Labute approximate surface area is 84.6 Å². The van der Waals surface area contributed by atoms with Crippen LogP contribution in [0.4, 0.5) is 0 Å². The van der Waals surface area contributed by atoms with Crippen molar-refractivity contribution in [3.63, 3.8) is 0 Å². The van der Waals surface area contributed by atoms with E-state index in [2.05, 4.69) is 25.6 Å². The van der Waals surface area contributed by atoms with Crippen molar-refractivity contribution in [1.29, 1.82) is 0 Å². The fraction of sp³-hybridized carbons (Fsp3) is 0.800. The molecule has 0 spiro atoms. The van der Waals surface area contributed by atoms with Crippen LogP contribution < -0.4 is 0 Å². The summed E-state index contributed by atoms with van der Waals surface area (Å²) in [6.07, 6.45) is 5.44. The third-order valence-corrected chi connectivity index (χ3v) is 4.82. The maximum absolute atomic E-state index is 2.28. The van der Waals surface area contributed by atoms with Crippen molar-refractivity contribution in [2.75, 3.05) is 11.5 Å². The summed E-state index contributed by atoms with van der Waals surface area (Å²) < 4.78 is 0. The summed E-state index contributed by atoms with van der Waals surface area (Å²) in [5.74, 6) is 2.64. The van der Waals surface area contributed by atoms with Gasteiger partial charge in [-0.1, -0.05) is 19.8 Å². The summed E-state index contributed by atoms with van der Waals surface area (Å²) in [7, 11) is 0. The average molecular weight is 202 g/mol. The molecule has 0 atom stereocenters. The highest BCUT2D eigenvalue weighted by Gasteiger charge is 2.09. The Bertz CT molecular complexity index is 161. The Morgan fingerprint density at radius 1 is 1.17 bits per heavy atom. The van der Waals surface area contributed by atoms with Crippen LogP contribution in [0, 0.1) is 0 Å². The Balaban J connectivity index is 2.28. The van der Waals surface area contributed by atoms with Crippen molar-refractivity contribution in [3.05, 3.63) is 9.81 Å². The van der Waals surface area contributed by atoms with E-state index in [0.29, 0.717) is 0 Å². The van der Waals surface area contributed by atoms with Gasteiger partial charge < -0.3 is 0 Å². The quantitative estimate of drug-likeness (QED) is 0.624. The molecule has 0 saturated heterocycles. The maximum atomic E-state index is 2.28. The molecular formula is C10H18S2. The van der Waals surface area contributed by atoms with E-state index in [-0.39, 0.29) is 0 Å². The Hall–Kier alpha value is 0.440. The summed E-state index contributed by atoms with van der Waals surface area (Å²) in [5, 5.41) is 0. The topological polar surface area (TPSA) is 0 Å².